The van der Waals surface area contributed by atoms with Gasteiger partial charge >= 0.3 is 23.7 Å². The van der Waals surface area contributed by atoms with Crippen LogP contribution in [0.4, 0.5) is 5.82 Å². The number of carbonyl (C=O) groups is 3. The van der Waals surface area contributed by atoms with Gasteiger partial charge in [0.1, 0.15) is 24.1 Å². The Balaban J connectivity index is 1.73. The standard InChI is InChI=1S/C20H21N7O9S/c1-9(28)33-6-13-14(34-10(2)29)15(35-11(3)30)19(36-13)26-16-12(5-24-26)18(22-7-21-16)37-20-17(27(31)32)23-8-25(20)4/h5,7-8,13-15,19H,6H2,1-4H3/t13-,14-,15+,19-/m1/s1. The van der Waals surface area contributed by atoms with E-state index >= 15 is 0 Å². The van der Waals surface area contributed by atoms with Gasteiger partial charge in [-0.1, -0.05) is 0 Å². The third kappa shape index (κ3) is 5.36. The summed E-state index contributed by atoms with van der Waals surface area (Å²) in [7, 11) is 1.61. The topological polar surface area (TPSA) is 193 Å². The van der Waals surface area contributed by atoms with Crippen LogP contribution in [0.3, 0.4) is 0 Å². The Morgan fingerprint density at radius 3 is 2.46 bits per heavy atom. The van der Waals surface area contributed by atoms with Crippen LogP contribution in [0.5, 0.6) is 0 Å². The van der Waals surface area contributed by atoms with Crippen molar-refractivity contribution in [1.29, 1.82) is 0 Å². The van der Waals surface area contributed by atoms with E-state index in [0.717, 1.165) is 11.8 Å². The highest BCUT2D eigenvalue weighted by molar-refractivity contribution is 7.99. The van der Waals surface area contributed by atoms with Crippen molar-refractivity contribution in [3.63, 3.8) is 0 Å². The Labute approximate surface area is 212 Å². The van der Waals surface area contributed by atoms with Crippen molar-refractivity contribution in [1.82, 2.24) is 29.3 Å². The average Bonchev–Trinajstić information content (AvgIpc) is 3.49. The molecule has 1 saturated heterocycles. The highest BCUT2D eigenvalue weighted by Gasteiger charge is 2.51. The molecule has 3 aromatic rings. The molecule has 17 heteroatoms. The maximum absolute atomic E-state index is 11.9. The van der Waals surface area contributed by atoms with Gasteiger partial charge in [-0.15, -0.1) is 0 Å². The largest absolute Gasteiger partial charge is 0.463 e. The Morgan fingerprint density at radius 2 is 1.81 bits per heavy atom. The molecule has 1 aliphatic heterocycles. The predicted octanol–water partition coefficient (Wildman–Crippen LogP) is 0.943. The number of rotatable bonds is 8. The Hall–Kier alpha value is -4.12. The van der Waals surface area contributed by atoms with Crippen LogP contribution in [-0.2, 0) is 40.4 Å². The second-order valence-electron chi connectivity index (χ2n) is 7.86. The summed E-state index contributed by atoms with van der Waals surface area (Å²) in [5.41, 5.74) is 0.249. The molecule has 1 aliphatic rings. The van der Waals surface area contributed by atoms with Gasteiger partial charge in [0.2, 0.25) is 6.33 Å². The lowest BCUT2D eigenvalue weighted by Gasteiger charge is -2.23. The van der Waals surface area contributed by atoms with E-state index in [0.29, 0.717) is 10.4 Å². The molecule has 0 saturated carbocycles. The second kappa shape index (κ2) is 10.5. The molecule has 4 heterocycles. The Bertz CT molecular complexity index is 1370. The summed E-state index contributed by atoms with van der Waals surface area (Å²) >= 11 is 0.995. The van der Waals surface area contributed by atoms with Crippen molar-refractivity contribution in [2.24, 2.45) is 7.05 Å². The lowest BCUT2D eigenvalue weighted by Crippen LogP contribution is -2.40. The van der Waals surface area contributed by atoms with E-state index in [1.54, 1.807) is 7.05 Å². The zero-order valence-electron chi connectivity index (χ0n) is 20.0. The minimum Gasteiger partial charge on any atom is -0.463 e. The van der Waals surface area contributed by atoms with Crippen molar-refractivity contribution >= 4 is 46.5 Å². The zero-order valence-corrected chi connectivity index (χ0v) is 20.8. The summed E-state index contributed by atoms with van der Waals surface area (Å²) in [6.45, 7) is 3.29. The highest BCUT2D eigenvalue weighted by Crippen LogP contribution is 2.39. The minimum atomic E-state index is -1.16. The van der Waals surface area contributed by atoms with Crippen molar-refractivity contribution in [3.05, 3.63) is 29.0 Å². The van der Waals surface area contributed by atoms with Gasteiger partial charge in [-0.25, -0.2) is 14.6 Å². The molecule has 1 fully saturated rings. The number of hydrogen-bond acceptors (Lipinski definition) is 14. The summed E-state index contributed by atoms with van der Waals surface area (Å²) in [6, 6.07) is 0. The first kappa shape index (κ1) is 26.0. The summed E-state index contributed by atoms with van der Waals surface area (Å²) < 4.78 is 24.7. The summed E-state index contributed by atoms with van der Waals surface area (Å²) in [5.74, 6) is -2.25. The normalized spacial score (nSPS) is 21.1. The van der Waals surface area contributed by atoms with Crippen molar-refractivity contribution in [2.75, 3.05) is 6.61 Å². The van der Waals surface area contributed by atoms with E-state index in [-0.39, 0.29) is 23.1 Å². The third-order valence-corrected chi connectivity index (χ3v) is 6.35. The molecule has 4 rings (SSSR count). The minimum absolute atomic E-state index is 0.240. The van der Waals surface area contributed by atoms with Gasteiger partial charge in [0, 0.05) is 27.8 Å². The van der Waals surface area contributed by atoms with E-state index in [4.69, 9.17) is 18.9 Å². The number of nitrogens with zero attached hydrogens (tertiary/aromatic N) is 7. The number of esters is 3. The molecule has 0 spiro atoms. The van der Waals surface area contributed by atoms with Gasteiger partial charge in [0.05, 0.1) is 11.6 Å². The fourth-order valence-electron chi connectivity index (χ4n) is 3.74. The van der Waals surface area contributed by atoms with Crippen LogP contribution < -0.4 is 0 Å². The van der Waals surface area contributed by atoms with Crippen LogP contribution in [-0.4, -0.2) is 77.0 Å². The molecule has 4 atom stereocenters. The molecular formula is C20H21N7O9S. The SMILES string of the molecule is CC(=O)OC[C@H]1O[C@@H](n2ncc3c(Sc4c([N+](=O)[O-])ncn4C)ncnc32)[C@@H](OC(C)=O)[C@@H]1OC(C)=O. The molecule has 3 aromatic heterocycles. The number of hydrogen-bond donors (Lipinski definition) is 0. The molecule has 0 unspecified atom stereocenters. The van der Waals surface area contributed by atoms with Crippen molar-refractivity contribution < 1.29 is 38.3 Å². The number of aromatic nitrogens is 6. The first-order valence-electron chi connectivity index (χ1n) is 10.7. The van der Waals surface area contributed by atoms with Gasteiger partial charge in [0.25, 0.3) is 0 Å². The van der Waals surface area contributed by atoms with E-state index in [1.807, 2.05) is 0 Å². The smallest absolute Gasteiger partial charge is 0.396 e. The molecule has 0 N–H and O–H groups in total. The van der Waals surface area contributed by atoms with Crippen LogP contribution in [0.2, 0.25) is 0 Å². The molecule has 196 valence electrons. The van der Waals surface area contributed by atoms with Crippen LogP contribution in [0, 0.1) is 10.1 Å². The van der Waals surface area contributed by atoms with E-state index in [2.05, 4.69) is 20.1 Å². The second-order valence-corrected chi connectivity index (χ2v) is 8.84. The number of carbonyl (C=O) groups excluding carboxylic acids is 3. The fraction of sp³-hybridized carbons (Fsp3) is 0.450. The lowest BCUT2D eigenvalue weighted by atomic mass is 10.1. The van der Waals surface area contributed by atoms with Crippen LogP contribution in [0.25, 0.3) is 11.0 Å². The van der Waals surface area contributed by atoms with Gasteiger partial charge in [-0.05, 0) is 21.7 Å². The number of imidazole rings is 1. The highest BCUT2D eigenvalue weighted by atomic mass is 32.2. The molecule has 0 aromatic carbocycles. The van der Waals surface area contributed by atoms with Crippen LogP contribution in [0.15, 0.2) is 28.9 Å². The Morgan fingerprint density at radius 1 is 1.11 bits per heavy atom. The average molecular weight is 535 g/mol. The Kier molecular flexibility index (Phi) is 7.35. The molecule has 16 nitrogen and oxygen atoms in total. The van der Waals surface area contributed by atoms with Crippen molar-refractivity contribution in [3.8, 4) is 0 Å². The van der Waals surface area contributed by atoms with Crippen LogP contribution in [0.1, 0.15) is 27.0 Å². The van der Waals surface area contributed by atoms with Gasteiger partial charge < -0.3 is 33.6 Å². The molecule has 0 amide bonds. The maximum Gasteiger partial charge on any atom is 0.396 e. The number of aryl methyl sites for hydroxylation is 1. The van der Waals surface area contributed by atoms with Gasteiger partial charge in [-0.3, -0.25) is 14.4 Å². The molecule has 37 heavy (non-hydrogen) atoms. The molecular weight excluding hydrogens is 514 g/mol. The molecule has 0 aliphatic carbocycles. The van der Waals surface area contributed by atoms with Crippen LogP contribution >= 0.6 is 11.8 Å². The van der Waals surface area contributed by atoms with Gasteiger partial charge in [0.15, 0.2) is 29.1 Å². The first-order valence-corrected chi connectivity index (χ1v) is 11.5. The predicted molar refractivity (Wildman–Crippen MR) is 121 cm³/mol. The number of ether oxygens (including phenoxy) is 4. The monoisotopic (exact) mass is 535 g/mol. The van der Waals surface area contributed by atoms with E-state index < -0.39 is 47.4 Å². The van der Waals surface area contributed by atoms with E-state index in [1.165, 1.54) is 48.9 Å². The lowest BCUT2D eigenvalue weighted by molar-refractivity contribution is -0.392. The number of nitro groups is 1. The number of fused-ring (bicyclic) bond motifs is 1. The summed E-state index contributed by atoms with van der Waals surface area (Å²) in [5, 5.41) is 16.7. The molecule has 0 radical (unpaired) electrons. The quantitative estimate of drug-likeness (QED) is 0.130. The van der Waals surface area contributed by atoms with Crippen molar-refractivity contribution in [2.45, 2.75) is 55.4 Å². The zero-order chi connectivity index (χ0) is 26.9. The summed E-state index contributed by atoms with van der Waals surface area (Å²) in [6.07, 6.45) is -0.391. The van der Waals surface area contributed by atoms with E-state index in [9.17, 15) is 24.5 Å². The van der Waals surface area contributed by atoms with Gasteiger partial charge in [-0.2, -0.15) is 5.10 Å². The third-order valence-electron chi connectivity index (χ3n) is 5.17. The maximum atomic E-state index is 11.9. The molecule has 0 bridgehead atoms. The first-order chi connectivity index (χ1) is 17.6. The summed E-state index contributed by atoms with van der Waals surface area (Å²) in [4.78, 5) is 58.1. The fourth-order valence-corrected chi connectivity index (χ4v) is 4.69.